The van der Waals surface area contributed by atoms with Gasteiger partial charge in [0.2, 0.25) is 0 Å². The van der Waals surface area contributed by atoms with Gasteiger partial charge in [-0.25, -0.2) is 0 Å². The third-order valence-corrected chi connectivity index (χ3v) is 3.57. The highest BCUT2D eigenvalue weighted by atomic mass is 79.9. The maximum Gasteiger partial charge on any atom is 0.390 e. The SMILES string of the molecule is CC(CC(F)(F)F)NCc1cc(Br)c(Br)o1. The minimum atomic E-state index is -4.14. The fourth-order valence-corrected chi connectivity index (χ4v) is 1.83. The average Bonchev–Trinajstić information content (AvgIpc) is 2.40. The van der Waals surface area contributed by atoms with E-state index in [1.165, 1.54) is 6.92 Å². The van der Waals surface area contributed by atoms with Gasteiger partial charge in [-0.05, 0) is 44.8 Å². The lowest BCUT2D eigenvalue weighted by Gasteiger charge is -2.14. The van der Waals surface area contributed by atoms with Gasteiger partial charge in [-0.2, -0.15) is 13.2 Å². The van der Waals surface area contributed by atoms with Crippen LogP contribution in [0.25, 0.3) is 0 Å². The molecule has 1 N–H and O–H groups in total. The maximum atomic E-state index is 12.0. The van der Waals surface area contributed by atoms with Crippen molar-refractivity contribution in [2.24, 2.45) is 0 Å². The lowest BCUT2D eigenvalue weighted by molar-refractivity contribution is -0.139. The second kappa shape index (κ2) is 5.55. The number of alkyl halides is 3. The molecule has 0 amide bonds. The van der Waals surface area contributed by atoms with Gasteiger partial charge in [0.15, 0.2) is 4.67 Å². The number of nitrogens with one attached hydrogen (secondary N) is 1. The first kappa shape index (κ1) is 14.1. The van der Waals surface area contributed by atoms with Gasteiger partial charge in [0.25, 0.3) is 0 Å². The third-order valence-electron chi connectivity index (χ3n) is 1.86. The van der Waals surface area contributed by atoms with Crippen LogP contribution < -0.4 is 5.32 Å². The van der Waals surface area contributed by atoms with Crippen LogP contribution in [0.1, 0.15) is 19.1 Å². The Morgan fingerprint density at radius 2 is 2.06 bits per heavy atom. The molecule has 0 saturated carbocycles. The van der Waals surface area contributed by atoms with Gasteiger partial charge in [0.1, 0.15) is 5.76 Å². The number of halogens is 5. The summed E-state index contributed by atoms with van der Waals surface area (Å²) >= 11 is 6.37. The molecule has 7 heteroatoms. The summed E-state index contributed by atoms with van der Waals surface area (Å²) in [5.41, 5.74) is 0. The fraction of sp³-hybridized carbons (Fsp3) is 0.556. The predicted molar refractivity (Wildman–Crippen MR) is 61.1 cm³/mol. The monoisotopic (exact) mass is 363 g/mol. The second-order valence-electron chi connectivity index (χ2n) is 3.44. The molecule has 16 heavy (non-hydrogen) atoms. The van der Waals surface area contributed by atoms with Gasteiger partial charge >= 0.3 is 6.18 Å². The summed E-state index contributed by atoms with van der Waals surface area (Å²) < 4.78 is 42.6. The molecular weight excluding hydrogens is 355 g/mol. The second-order valence-corrected chi connectivity index (χ2v) is 5.01. The Balaban J connectivity index is 2.40. The molecule has 0 aromatic carbocycles. The summed E-state index contributed by atoms with van der Waals surface area (Å²) in [6.07, 6.45) is -4.99. The minimum absolute atomic E-state index is 0.265. The molecular formula is C9H10Br2F3NO. The molecule has 0 radical (unpaired) electrons. The van der Waals surface area contributed by atoms with Crippen LogP contribution >= 0.6 is 31.9 Å². The molecule has 1 atom stereocenters. The van der Waals surface area contributed by atoms with E-state index < -0.39 is 18.6 Å². The average molecular weight is 365 g/mol. The Morgan fingerprint density at radius 1 is 1.44 bits per heavy atom. The zero-order chi connectivity index (χ0) is 12.3. The van der Waals surface area contributed by atoms with Gasteiger partial charge in [-0.1, -0.05) is 0 Å². The van der Waals surface area contributed by atoms with E-state index in [2.05, 4.69) is 37.2 Å². The third kappa shape index (κ3) is 4.88. The molecule has 0 saturated heterocycles. The van der Waals surface area contributed by atoms with Crippen molar-refractivity contribution >= 4 is 31.9 Å². The molecule has 0 spiro atoms. The van der Waals surface area contributed by atoms with Crippen molar-refractivity contribution in [2.45, 2.75) is 32.1 Å². The Bertz CT molecular complexity index is 332. The van der Waals surface area contributed by atoms with Crippen LogP contribution in [0, 0.1) is 0 Å². The quantitative estimate of drug-likeness (QED) is 0.864. The number of hydrogen-bond donors (Lipinski definition) is 1. The molecule has 0 fully saturated rings. The molecule has 0 bridgehead atoms. The van der Waals surface area contributed by atoms with Crippen molar-refractivity contribution in [1.82, 2.24) is 5.32 Å². The highest BCUT2D eigenvalue weighted by Crippen LogP contribution is 2.27. The summed E-state index contributed by atoms with van der Waals surface area (Å²) in [6.45, 7) is 1.75. The Hall–Kier alpha value is -0.0100. The highest BCUT2D eigenvalue weighted by Gasteiger charge is 2.29. The lowest BCUT2D eigenvalue weighted by atomic mass is 10.2. The van der Waals surface area contributed by atoms with Crippen LogP contribution in [0.4, 0.5) is 13.2 Å². The normalized spacial score (nSPS) is 14.1. The van der Waals surface area contributed by atoms with Crippen LogP contribution in [-0.4, -0.2) is 12.2 Å². The zero-order valence-electron chi connectivity index (χ0n) is 8.37. The van der Waals surface area contributed by atoms with Crippen molar-refractivity contribution in [3.63, 3.8) is 0 Å². The fourth-order valence-electron chi connectivity index (χ4n) is 1.17. The molecule has 1 aromatic heterocycles. The molecule has 0 aliphatic heterocycles. The number of furan rings is 1. The van der Waals surface area contributed by atoms with Crippen LogP contribution in [0.5, 0.6) is 0 Å². The first-order valence-corrected chi connectivity index (χ1v) is 6.10. The molecule has 92 valence electrons. The van der Waals surface area contributed by atoms with Gasteiger partial charge in [0.05, 0.1) is 17.4 Å². The van der Waals surface area contributed by atoms with Crippen molar-refractivity contribution in [1.29, 1.82) is 0 Å². The lowest BCUT2D eigenvalue weighted by Crippen LogP contribution is -2.30. The zero-order valence-corrected chi connectivity index (χ0v) is 11.5. The van der Waals surface area contributed by atoms with E-state index in [9.17, 15) is 13.2 Å². The van der Waals surface area contributed by atoms with Crippen LogP contribution in [-0.2, 0) is 6.54 Å². The standard InChI is InChI=1S/C9H10Br2F3NO/c1-5(3-9(12,13)14)15-4-6-2-7(10)8(11)16-6/h2,5,15H,3-4H2,1H3. The summed E-state index contributed by atoms with van der Waals surface area (Å²) in [5.74, 6) is 0.577. The van der Waals surface area contributed by atoms with Crippen LogP contribution in [0.2, 0.25) is 0 Å². The van der Waals surface area contributed by atoms with Crippen molar-refractivity contribution in [2.75, 3.05) is 0 Å². The minimum Gasteiger partial charge on any atom is -0.452 e. The van der Waals surface area contributed by atoms with Crippen molar-refractivity contribution < 1.29 is 17.6 Å². The Morgan fingerprint density at radius 3 is 2.50 bits per heavy atom. The van der Waals surface area contributed by atoms with E-state index in [-0.39, 0.29) is 6.54 Å². The predicted octanol–water partition coefficient (Wildman–Crippen LogP) is 4.24. The van der Waals surface area contributed by atoms with Gasteiger partial charge < -0.3 is 9.73 Å². The molecule has 1 heterocycles. The van der Waals surface area contributed by atoms with Crippen LogP contribution in [0.15, 0.2) is 19.6 Å². The van der Waals surface area contributed by atoms with E-state index >= 15 is 0 Å². The smallest absolute Gasteiger partial charge is 0.390 e. The van der Waals surface area contributed by atoms with Crippen LogP contribution in [0.3, 0.4) is 0 Å². The van der Waals surface area contributed by atoms with E-state index in [1.807, 2.05) is 0 Å². The van der Waals surface area contributed by atoms with E-state index in [0.29, 0.717) is 10.4 Å². The van der Waals surface area contributed by atoms with Gasteiger partial charge in [-0.3, -0.25) is 0 Å². The van der Waals surface area contributed by atoms with Gasteiger partial charge in [0, 0.05) is 6.04 Å². The highest BCUT2D eigenvalue weighted by molar-refractivity contribution is 9.13. The molecule has 2 nitrogen and oxygen atoms in total. The topological polar surface area (TPSA) is 25.2 Å². The summed E-state index contributed by atoms with van der Waals surface area (Å²) in [6, 6.07) is 1.07. The molecule has 0 aliphatic rings. The van der Waals surface area contributed by atoms with Crippen molar-refractivity contribution in [3.05, 3.63) is 21.0 Å². The van der Waals surface area contributed by atoms with Gasteiger partial charge in [-0.15, -0.1) is 0 Å². The number of hydrogen-bond acceptors (Lipinski definition) is 2. The molecule has 1 unspecified atom stereocenters. The Labute approximate surface area is 108 Å². The summed E-state index contributed by atoms with van der Waals surface area (Å²) in [4.78, 5) is 0. The first-order valence-electron chi connectivity index (χ1n) is 4.52. The van der Waals surface area contributed by atoms with E-state index in [0.717, 1.165) is 4.47 Å². The molecule has 1 aromatic rings. The summed E-state index contributed by atoms with van der Waals surface area (Å²) in [7, 11) is 0. The maximum absolute atomic E-state index is 12.0. The molecule has 0 aliphatic carbocycles. The number of rotatable bonds is 4. The Kier molecular flexibility index (Phi) is 4.88. The largest absolute Gasteiger partial charge is 0.452 e. The summed E-state index contributed by atoms with van der Waals surface area (Å²) in [5, 5.41) is 2.74. The van der Waals surface area contributed by atoms with Crippen molar-refractivity contribution in [3.8, 4) is 0 Å². The first-order chi connectivity index (χ1) is 7.28. The van der Waals surface area contributed by atoms with E-state index in [4.69, 9.17) is 4.42 Å². The molecule has 1 rings (SSSR count). The van der Waals surface area contributed by atoms with E-state index in [1.54, 1.807) is 6.07 Å².